The standard InChI is InChI=1S/C14H21FN2/c15-14-3-1-12(2-4-14)5-10-17-11-13-6-8-16-9-7-13/h1-4,13,16-17H,5-11H2. The van der Waals surface area contributed by atoms with Crippen LogP contribution in [0.15, 0.2) is 24.3 Å². The van der Waals surface area contributed by atoms with Crippen molar-refractivity contribution in [2.45, 2.75) is 19.3 Å². The Morgan fingerprint density at radius 2 is 1.88 bits per heavy atom. The zero-order chi connectivity index (χ0) is 11.9. The molecule has 0 aromatic heterocycles. The molecule has 0 saturated carbocycles. The third-order valence-electron chi connectivity index (χ3n) is 3.40. The van der Waals surface area contributed by atoms with E-state index in [4.69, 9.17) is 0 Å². The van der Waals surface area contributed by atoms with Crippen molar-refractivity contribution in [3.8, 4) is 0 Å². The molecule has 2 rings (SSSR count). The first-order valence-corrected chi connectivity index (χ1v) is 6.50. The number of piperidine rings is 1. The summed E-state index contributed by atoms with van der Waals surface area (Å²) in [6.07, 6.45) is 3.54. The largest absolute Gasteiger partial charge is 0.317 e. The Labute approximate surface area is 103 Å². The molecule has 94 valence electrons. The van der Waals surface area contributed by atoms with Crippen LogP contribution in [0, 0.1) is 11.7 Å². The number of halogens is 1. The Morgan fingerprint density at radius 3 is 2.59 bits per heavy atom. The van der Waals surface area contributed by atoms with Gasteiger partial charge in [0.2, 0.25) is 0 Å². The summed E-state index contributed by atoms with van der Waals surface area (Å²) in [6.45, 7) is 4.41. The quantitative estimate of drug-likeness (QED) is 0.764. The van der Waals surface area contributed by atoms with Crippen molar-refractivity contribution in [2.75, 3.05) is 26.2 Å². The summed E-state index contributed by atoms with van der Waals surface area (Å²) in [5, 5.41) is 6.87. The topological polar surface area (TPSA) is 24.1 Å². The normalized spacial score (nSPS) is 17.2. The van der Waals surface area contributed by atoms with Gasteiger partial charge in [-0.2, -0.15) is 0 Å². The first kappa shape index (κ1) is 12.5. The maximum atomic E-state index is 12.7. The van der Waals surface area contributed by atoms with Gasteiger partial charge in [-0.3, -0.25) is 0 Å². The number of hydrogen-bond donors (Lipinski definition) is 2. The van der Waals surface area contributed by atoms with Crippen molar-refractivity contribution in [1.82, 2.24) is 10.6 Å². The molecule has 0 radical (unpaired) electrons. The fraction of sp³-hybridized carbons (Fsp3) is 0.571. The van der Waals surface area contributed by atoms with Crippen LogP contribution in [0.1, 0.15) is 18.4 Å². The lowest BCUT2D eigenvalue weighted by Crippen LogP contribution is -2.34. The van der Waals surface area contributed by atoms with Crippen LogP contribution in [-0.4, -0.2) is 26.2 Å². The minimum atomic E-state index is -0.156. The van der Waals surface area contributed by atoms with Crippen molar-refractivity contribution in [3.05, 3.63) is 35.6 Å². The van der Waals surface area contributed by atoms with Crippen LogP contribution >= 0.6 is 0 Å². The van der Waals surface area contributed by atoms with Crippen LogP contribution in [-0.2, 0) is 6.42 Å². The lowest BCUT2D eigenvalue weighted by atomic mass is 9.98. The molecule has 1 fully saturated rings. The molecule has 1 aromatic rings. The number of hydrogen-bond acceptors (Lipinski definition) is 2. The zero-order valence-electron chi connectivity index (χ0n) is 10.2. The average Bonchev–Trinajstić information content (AvgIpc) is 2.38. The second-order valence-electron chi connectivity index (χ2n) is 4.77. The van der Waals surface area contributed by atoms with Crippen LogP contribution < -0.4 is 10.6 Å². The summed E-state index contributed by atoms with van der Waals surface area (Å²) in [6, 6.07) is 6.79. The molecule has 2 nitrogen and oxygen atoms in total. The van der Waals surface area contributed by atoms with Crippen LogP contribution in [0.3, 0.4) is 0 Å². The van der Waals surface area contributed by atoms with Gasteiger partial charge >= 0.3 is 0 Å². The molecule has 0 unspecified atom stereocenters. The van der Waals surface area contributed by atoms with Crippen LogP contribution in [0.4, 0.5) is 4.39 Å². The molecule has 0 atom stereocenters. The van der Waals surface area contributed by atoms with Crippen LogP contribution in [0.2, 0.25) is 0 Å². The van der Waals surface area contributed by atoms with Crippen molar-refractivity contribution >= 4 is 0 Å². The van der Waals surface area contributed by atoms with E-state index in [9.17, 15) is 4.39 Å². The Balaban J connectivity index is 1.60. The third-order valence-corrected chi connectivity index (χ3v) is 3.40. The van der Waals surface area contributed by atoms with Gasteiger partial charge in [-0.15, -0.1) is 0 Å². The van der Waals surface area contributed by atoms with Crippen LogP contribution in [0.5, 0.6) is 0 Å². The van der Waals surface area contributed by atoms with Gasteiger partial charge in [-0.25, -0.2) is 4.39 Å². The number of nitrogens with one attached hydrogen (secondary N) is 2. The van der Waals surface area contributed by atoms with Crippen molar-refractivity contribution in [2.24, 2.45) is 5.92 Å². The molecule has 2 N–H and O–H groups in total. The van der Waals surface area contributed by atoms with E-state index in [2.05, 4.69) is 10.6 Å². The van der Waals surface area contributed by atoms with E-state index >= 15 is 0 Å². The SMILES string of the molecule is Fc1ccc(CCNCC2CCNCC2)cc1. The molecule has 0 amide bonds. The fourth-order valence-electron chi connectivity index (χ4n) is 2.28. The molecule has 0 bridgehead atoms. The number of rotatable bonds is 5. The van der Waals surface area contributed by atoms with Gasteiger partial charge in [0.15, 0.2) is 0 Å². The Hall–Kier alpha value is -0.930. The summed E-state index contributed by atoms with van der Waals surface area (Å²) in [7, 11) is 0. The highest BCUT2D eigenvalue weighted by Crippen LogP contribution is 2.09. The molecule has 1 aliphatic rings. The summed E-state index contributed by atoms with van der Waals surface area (Å²) >= 11 is 0. The molecular weight excluding hydrogens is 215 g/mol. The molecule has 0 aliphatic carbocycles. The van der Waals surface area contributed by atoms with E-state index in [1.54, 1.807) is 0 Å². The van der Waals surface area contributed by atoms with Crippen LogP contribution in [0.25, 0.3) is 0 Å². The second-order valence-corrected chi connectivity index (χ2v) is 4.77. The molecule has 1 aliphatic heterocycles. The minimum Gasteiger partial charge on any atom is -0.317 e. The average molecular weight is 236 g/mol. The number of benzene rings is 1. The van der Waals surface area contributed by atoms with Crippen molar-refractivity contribution in [3.63, 3.8) is 0 Å². The Kier molecular flexibility index (Phi) is 4.95. The lowest BCUT2D eigenvalue weighted by Gasteiger charge is -2.22. The van der Waals surface area contributed by atoms with E-state index < -0.39 is 0 Å². The highest BCUT2D eigenvalue weighted by Gasteiger charge is 2.11. The maximum absolute atomic E-state index is 12.7. The highest BCUT2D eigenvalue weighted by atomic mass is 19.1. The molecule has 3 heteroatoms. The predicted molar refractivity (Wildman–Crippen MR) is 68.6 cm³/mol. The molecular formula is C14H21FN2. The predicted octanol–water partition coefficient (Wildman–Crippen LogP) is 1.96. The van der Waals surface area contributed by atoms with Gasteiger partial charge in [-0.1, -0.05) is 12.1 Å². The molecule has 1 aromatic carbocycles. The van der Waals surface area contributed by atoms with Gasteiger partial charge in [0.1, 0.15) is 5.82 Å². The molecule has 17 heavy (non-hydrogen) atoms. The summed E-state index contributed by atoms with van der Waals surface area (Å²) in [4.78, 5) is 0. The van der Waals surface area contributed by atoms with Gasteiger partial charge in [0, 0.05) is 0 Å². The van der Waals surface area contributed by atoms with E-state index in [0.29, 0.717) is 0 Å². The molecule has 1 heterocycles. The van der Waals surface area contributed by atoms with Gasteiger partial charge in [0.25, 0.3) is 0 Å². The minimum absolute atomic E-state index is 0.156. The van der Waals surface area contributed by atoms with E-state index in [-0.39, 0.29) is 5.82 Å². The summed E-state index contributed by atoms with van der Waals surface area (Å²) < 4.78 is 12.7. The zero-order valence-corrected chi connectivity index (χ0v) is 10.2. The summed E-state index contributed by atoms with van der Waals surface area (Å²) in [5.74, 6) is 0.667. The Morgan fingerprint density at radius 1 is 1.18 bits per heavy atom. The highest BCUT2D eigenvalue weighted by molar-refractivity contribution is 5.16. The van der Waals surface area contributed by atoms with E-state index in [0.717, 1.165) is 38.5 Å². The molecule has 0 spiro atoms. The van der Waals surface area contributed by atoms with Gasteiger partial charge in [0.05, 0.1) is 0 Å². The van der Waals surface area contributed by atoms with Gasteiger partial charge < -0.3 is 10.6 Å². The first-order chi connectivity index (χ1) is 8.34. The smallest absolute Gasteiger partial charge is 0.123 e. The van der Waals surface area contributed by atoms with E-state index in [1.165, 1.54) is 30.5 Å². The molecule has 1 saturated heterocycles. The van der Waals surface area contributed by atoms with Gasteiger partial charge in [-0.05, 0) is 69.1 Å². The fourth-order valence-corrected chi connectivity index (χ4v) is 2.28. The maximum Gasteiger partial charge on any atom is 0.123 e. The second kappa shape index (κ2) is 6.72. The van der Waals surface area contributed by atoms with E-state index in [1.807, 2.05) is 12.1 Å². The third kappa shape index (κ3) is 4.44. The first-order valence-electron chi connectivity index (χ1n) is 6.50. The monoisotopic (exact) mass is 236 g/mol. The Bertz CT molecular complexity index is 317. The van der Waals surface area contributed by atoms with Crippen molar-refractivity contribution < 1.29 is 4.39 Å². The van der Waals surface area contributed by atoms with Crippen molar-refractivity contribution in [1.29, 1.82) is 0 Å². The summed E-state index contributed by atoms with van der Waals surface area (Å²) in [5.41, 5.74) is 1.20. The lowest BCUT2D eigenvalue weighted by molar-refractivity contribution is 0.358.